The predicted molar refractivity (Wildman–Crippen MR) is 62.6 cm³/mol. The lowest BCUT2D eigenvalue weighted by Gasteiger charge is -1.96. The minimum Gasteiger partial charge on any atom is -0.293 e. The molecular formula is C9H10IN3O. The quantitative estimate of drug-likeness (QED) is 0.812. The predicted octanol–water partition coefficient (Wildman–Crippen LogP) is 1.50. The summed E-state index contributed by atoms with van der Waals surface area (Å²) in [5.41, 5.74) is 2.50. The van der Waals surface area contributed by atoms with Crippen molar-refractivity contribution >= 4 is 28.2 Å². The van der Waals surface area contributed by atoms with Gasteiger partial charge in [-0.1, -0.05) is 6.92 Å². The zero-order valence-electron chi connectivity index (χ0n) is 7.97. The maximum absolute atomic E-state index is 11.6. The summed E-state index contributed by atoms with van der Waals surface area (Å²) in [6, 6.07) is 1.57. The highest BCUT2D eigenvalue weighted by molar-refractivity contribution is 14.1. The molecule has 0 saturated carbocycles. The first-order valence-electron chi connectivity index (χ1n) is 4.40. The molecule has 14 heavy (non-hydrogen) atoms. The van der Waals surface area contributed by atoms with Gasteiger partial charge in [0.05, 0.1) is 3.57 Å². The smallest absolute Gasteiger partial charge is 0.272 e. The Balaban J connectivity index is 2.91. The third kappa shape index (κ3) is 1.35. The van der Waals surface area contributed by atoms with E-state index in [2.05, 4.69) is 32.7 Å². The molecule has 4 nitrogen and oxygen atoms in total. The van der Waals surface area contributed by atoms with E-state index in [0.717, 1.165) is 27.0 Å². The first-order valence-corrected chi connectivity index (χ1v) is 5.48. The molecule has 2 aromatic rings. The number of hydrogen-bond acceptors (Lipinski definition) is 2. The van der Waals surface area contributed by atoms with E-state index in [9.17, 15) is 4.79 Å². The summed E-state index contributed by atoms with van der Waals surface area (Å²) in [5, 5.41) is 2.98. The summed E-state index contributed by atoms with van der Waals surface area (Å²) in [6.07, 6.45) is 0.784. The first kappa shape index (κ1) is 9.70. The highest BCUT2D eigenvalue weighted by Crippen LogP contribution is 2.14. The standard InChI is InChI=1S/C9H10IN3O/c1-3-6-4-7(14)13-9(11-6)8(10)5(2)12-13/h4,12H,3H2,1-2H3. The number of aromatic amines is 1. The normalized spacial score (nSPS) is 11.1. The van der Waals surface area contributed by atoms with Gasteiger partial charge in [-0.3, -0.25) is 9.89 Å². The Morgan fingerprint density at radius 3 is 3.00 bits per heavy atom. The van der Waals surface area contributed by atoms with E-state index in [-0.39, 0.29) is 5.56 Å². The fraction of sp³-hybridized carbons (Fsp3) is 0.333. The molecule has 0 unspecified atom stereocenters. The third-order valence-electron chi connectivity index (χ3n) is 2.14. The van der Waals surface area contributed by atoms with Crippen molar-refractivity contribution < 1.29 is 0 Å². The molecule has 0 amide bonds. The maximum Gasteiger partial charge on any atom is 0.272 e. The number of H-pyrrole nitrogens is 1. The highest BCUT2D eigenvalue weighted by Gasteiger charge is 2.09. The largest absolute Gasteiger partial charge is 0.293 e. The summed E-state index contributed by atoms with van der Waals surface area (Å²) in [5.74, 6) is 0. The van der Waals surface area contributed by atoms with E-state index in [1.54, 1.807) is 6.07 Å². The number of halogens is 1. The molecule has 0 saturated heterocycles. The number of aryl methyl sites for hydroxylation is 2. The maximum atomic E-state index is 11.6. The van der Waals surface area contributed by atoms with Crippen LogP contribution in [0.3, 0.4) is 0 Å². The van der Waals surface area contributed by atoms with Crippen molar-refractivity contribution in [1.29, 1.82) is 0 Å². The van der Waals surface area contributed by atoms with Crippen LogP contribution >= 0.6 is 22.6 Å². The Hall–Kier alpha value is -0.850. The summed E-state index contributed by atoms with van der Waals surface area (Å²) in [7, 11) is 0. The third-order valence-corrected chi connectivity index (χ3v) is 3.43. The van der Waals surface area contributed by atoms with Gasteiger partial charge >= 0.3 is 0 Å². The number of fused-ring (bicyclic) bond motifs is 1. The molecule has 0 bridgehead atoms. The monoisotopic (exact) mass is 303 g/mol. The average molecular weight is 303 g/mol. The SMILES string of the molecule is CCc1cc(=O)n2[nH]c(C)c(I)c2n1. The molecule has 0 aliphatic rings. The molecule has 0 radical (unpaired) electrons. The number of aromatic nitrogens is 3. The minimum atomic E-state index is -0.0436. The number of hydrogen-bond donors (Lipinski definition) is 1. The zero-order valence-corrected chi connectivity index (χ0v) is 10.1. The van der Waals surface area contributed by atoms with Gasteiger partial charge in [-0.05, 0) is 35.9 Å². The molecular weight excluding hydrogens is 293 g/mol. The van der Waals surface area contributed by atoms with Crippen LogP contribution in [0.5, 0.6) is 0 Å². The molecule has 74 valence electrons. The van der Waals surface area contributed by atoms with E-state index in [1.807, 2.05) is 13.8 Å². The summed E-state index contributed by atoms with van der Waals surface area (Å²) >= 11 is 2.19. The van der Waals surface area contributed by atoms with Gasteiger partial charge in [0.1, 0.15) is 0 Å². The van der Waals surface area contributed by atoms with E-state index < -0.39 is 0 Å². The second kappa shape index (κ2) is 3.38. The molecule has 0 atom stereocenters. The van der Waals surface area contributed by atoms with Gasteiger partial charge in [0.15, 0.2) is 5.65 Å². The fourth-order valence-corrected chi connectivity index (χ4v) is 1.83. The van der Waals surface area contributed by atoms with Crippen LogP contribution in [-0.2, 0) is 6.42 Å². The van der Waals surface area contributed by atoms with Crippen molar-refractivity contribution in [1.82, 2.24) is 14.6 Å². The summed E-state index contributed by atoms with van der Waals surface area (Å²) in [6.45, 7) is 3.92. The molecule has 0 aromatic carbocycles. The fourth-order valence-electron chi connectivity index (χ4n) is 1.35. The molecule has 2 heterocycles. The van der Waals surface area contributed by atoms with E-state index in [4.69, 9.17) is 0 Å². The molecule has 2 aromatic heterocycles. The second-order valence-corrected chi connectivity index (χ2v) is 4.23. The Morgan fingerprint density at radius 1 is 1.64 bits per heavy atom. The van der Waals surface area contributed by atoms with Crippen molar-refractivity contribution in [2.75, 3.05) is 0 Å². The zero-order chi connectivity index (χ0) is 10.3. The molecule has 1 N–H and O–H groups in total. The van der Waals surface area contributed by atoms with Crippen LogP contribution in [0.2, 0.25) is 0 Å². The van der Waals surface area contributed by atoms with Gasteiger partial charge in [-0.2, -0.15) is 0 Å². The lowest BCUT2D eigenvalue weighted by atomic mass is 10.3. The van der Waals surface area contributed by atoms with Crippen LogP contribution in [-0.4, -0.2) is 14.6 Å². The van der Waals surface area contributed by atoms with E-state index >= 15 is 0 Å². The molecule has 0 aliphatic heterocycles. The average Bonchev–Trinajstić information content (AvgIpc) is 2.45. The Morgan fingerprint density at radius 2 is 2.36 bits per heavy atom. The van der Waals surface area contributed by atoms with Crippen LogP contribution in [0.15, 0.2) is 10.9 Å². The minimum absolute atomic E-state index is 0.0436. The molecule has 5 heteroatoms. The molecule has 0 spiro atoms. The van der Waals surface area contributed by atoms with Crippen molar-refractivity contribution in [3.05, 3.63) is 31.4 Å². The van der Waals surface area contributed by atoms with E-state index in [1.165, 1.54) is 4.52 Å². The van der Waals surface area contributed by atoms with Gasteiger partial charge in [-0.15, -0.1) is 0 Å². The topological polar surface area (TPSA) is 50.2 Å². The molecule has 0 aliphatic carbocycles. The van der Waals surface area contributed by atoms with Gasteiger partial charge in [0.25, 0.3) is 5.56 Å². The van der Waals surface area contributed by atoms with E-state index in [0.29, 0.717) is 0 Å². The van der Waals surface area contributed by atoms with Crippen LogP contribution in [0, 0.1) is 10.5 Å². The van der Waals surface area contributed by atoms with Crippen LogP contribution < -0.4 is 5.56 Å². The van der Waals surface area contributed by atoms with Gasteiger partial charge < -0.3 is 0 Å². The second-order valence-electron chi connectivity index (χ2n) is 3.15. The number of nitrogens with one attached hydrogen (secondary N) is 1. The molecule has 0 fully saturated rings. The van der Waals surface area contributed by atoms with Crippen LogP contribution in [0.1, 0.15) is 18.3 Å². The van der Waals surface area contributed by atoms with Crippen LogP contribution in [0.4, 0.5) is 0 Å². The molecule has 2 rings (SSSR count). The highest BCUT2D eigenvalue weighted by atomic mass is 127. The van der Waals surface area contributed by atoms with Crippen molar-refractivity contribution in [3.63, 3.8) is 0 Å². The van der Waals surface area contributed by atoms with Gasteiger partial charge in [-0.25, -0.2) is 9.50 Å². The van der Waals surface area contributed by atoms with Gasteiger partial charge in [0, 0.05) is 17.5 Å². The lowest BCUT2D eigenvalue weighted by Crippen LogP contribution is -2.15. The summed E-state index contributed by atoms with van der Waals surface area (Å²) in [4.78, 5) is 16.0. The number of rotatable bonds is 1. The van der Waals surface area contributed by atoms with Crippen LogP contribution in [0.25, 0.3) is 5.65 Å². The Labute approximate surface area is 94.5 Å². The number of nitrogens with zero attached hydrogens (tertiary/aromatic N) is 2. The Bertz CT molecular complexity index is 541. The van der Waals surface area contributed by atoms with Crippen molar-refractivity contribution in [2.45, 2.75) is 20.3 Å². The van der Waals surface area contributed by atoms with Crippen molar-refractivity contribution in [2.24, 2.45) is 0 Å². The Kier molecular flexibility index (Phi) is 2.34. The lowest BCUT2D eigenvalue weighted by molar-refractivity contribution is 0.862. The first-order chi connectivity index (χ1) is 6.63. The van der Waals surface area contributed by atoms with Crippen molar-refractivity contribution in [3.8, 4) is 0 Å². The van der Waals surface area contributed by atoms with Gasteiger partial charge in [0.2, 0.25) is 0 Å². The summed E-state index contributed by atoms with van der Waals surface area (Å²) < 4.78 is 2.49.